The van der Waals surface area contributed by atoms with Crippen LogP contribution in [0.2, 0.25) is 0 Å². The van der Waals surface area contributed by atoms with E-state index in [0.29, 0.717) is 37.5 Å². The number of carbonyl (C=O) groups excluding carboxylic acids is 1. The second-order valence-corrected chi connectivity index (χ2v) is 6.53. The summed E-state index contributed by atoms with van der Waals surface area (Å²) < 4.78 is 11.0. The van der Waals surface area contributed by atoms with Gasteiger partial charge in [0.05, 0.1) is 0 Å². The highest BCUT2D eigenvalue weighted by atomic mass is 16.5. The Morgan fingerprint density at radius 3 is 2.76 bits per heavy atom. The standard InChI is InChI=1S/C19H25N3O3/c1-24-19(12-5-6-13-19)18-21-17(25-22-18)11-7-10-16(23)20-14-15-8-3-2-4-9-15/h2-4,8-9H,5-7,10-14H2,1H3,(H,20,23). The van der Waals surface area contributed by atoms with Gasteiger partial charge in [0.2, 0.25) is 17.6 Å². The van der Waals surface area contributed by atoms with E-state index in [0.717, 1.165) is 31.2 Å². The molecular weight excluding hydrogens is 318 g/mol. The van der Waals surface area contributed by atoms with Gasteiger partial charge in [-0.2, -0.15) is 4.98 Å². The number of nitrogens with zero attached hydrogens (tertiary/aromatic N) is 2. The third kappa shape index (κ3) is 4.45. The number of aromatic nitrogens is 2. The third-order valence-corrected chi connectivity index (χ3v) is 4.80. The number of aryl methyl sites for hydroxylation is 1. The van der Waals surface area contributed by atoms with Crippen molar-refractivity contribution in [1.29, 1.82) is 0 Å². The quantitative estimate of drug-likeness (QED) is 0.797. The van der Waals surface area contributed by atoms with E-state index in [4.69, 9.17) is 9.26 Å². The summed E-state index contributed by atoms with van der Waals surface area (Å²) in [6, 6.07) is 9.88. The first-order valence-corrected chi connectivity index (χ1v) is 8.91. The first-order chi connectivity index (χ1) is 12.2. The van der Waals surface area contributed by atoms with Crippen LogP contribution in [0.25, 0.3) is 0 Å². The summed E-state index contributed by atoms with van der Waals surface area (Å²) in [6.07, 6.45) is 5.85. The van der Waals surface area contributed by atoms with E-state index in [9.17, 15) is 4.79 Å². The fourth-order valence-electron chi connectivity index (χ4n) is 3.29. The summed E-state index contributed by atoms with van der Waals surface area (Å²) in [7, 11) is 1.71. The van der Waals surface area contributed by atoms with Gasteiger partial charge in [0, 0.05) is 26.5 Å². The zero-order valence-corrected chi connectivity index (χ0v) is 14.7. The van der Waals surface area contributed by atoms with Gasteiger partial charge in [0.15, 0.2) is 0 Å². The van der Waals surface area contributed by atoms with E-state index in [2.05, 4.69) is 15.5 Å². The maximum atomic E-state index is 11.9. The number of rotatable bonds is 8. The lowest BCUT2D eigenvalue weighted by Crippen LogP contribution is -2.26. The van der Waals surface area contributed by atoms with Crippen LogP contribution in [0.1, 0.15) is 55.8 Å². The molecule has 0 atom stereocenters. The zero-order chi connectivity index (χ0) is 17.5. The van der Waals surface area contributed by atoms with E-state index in [1.165, 1.54) is 0 Å². The molecule has 6 heteroatoms. The molecule has 1 N–H and O–H groups in total. The Hall–Kier alpha value is -2.21. The van der Waals surface area contributed by atoms with Crippen LogP contribution in [0.3, 0.4) is 0 Å². The van der Waals surface area contributed by atoms with Crippen molar-refractivity contribution in [3.05, 3.63) is 47.6 Å². The molecule has 3 rings (SSSR count). The van der Waals surface area contributed by atoms with Gasteiger partial charge in [0.25, 0.3) is 0 Å². The molecule has 1 saturated carbocycles. The summed E-state index contributed by atoms with van der Waals surface area (Å²) in [6.45, 7) is 0.556. The number of amides is 1. The van der Waals surface area contributed by atoms with Crippen molar-refractivity contribution in [2.45, 2.75) is 57.1 Å². The Balaban J connectivity index is 1.42. The van der Waals surface area contributed by atoms with Crippen molar-refractivity contribution in [2.75, 3.05) is 7.11 Å². The fourth-order valence-corrected chi connectivity index (χ4v) is 3.29. The van der Waals surface area contributed by atoms with E-state index < -0.39 is 0 Å². The maximum Gasteiger partial charge on any atom is 0.226 e. The van der Waals surface area contributed by atoms with Crippen LogP contribution in [0.4, 0.5) is 0 Å². The smallest absolute Gasteiger partial charge is 0.226 e. The van der Waals surface area contributed by atoms with Gasteiger partial charge in [-0.25, -0.2) is 0 Å². The maximum absolute atomic E-state index is 11.9. The number of carbonyl (C=O) groups is 1. The van der Waals surface area contributed by atoms with Gasteiger partial charge in [-0.1, -0.05) is 35.5 Å². The molecule has 0 unspecified atom stereocenters. The highest BCUT2D eigenvalue weighted by Crippen LogP contribution is 2.40. The van der Waals surface area contributed by atoms with E-state index in [1.807, 2.05) is 30.3 Å². The molecule has 1 aromatic carbocycles. The summed E-state index contributed by atoms with van der Waals surface area (Å²) >= 11 is 0. The number of hydrogen-bond donors (Lipinski definition) is 1. The van der Waals surface area contributed by atoms with E-state index >= 15 is 0 Å². The van der Waals surface area contributed by atoms with E-state index in [-0.39, 0.29) is 11.5 Å². The van der Waals surface area contributed by atoms with Gasteiger partial charge in [0.1, 0.15) is 5.60 Å². The molecule has 25 heavy (non-hydrogen) atoms. The molecule has 0 radical (unpaired) electrons. The van der Waals surface area contributed by atoms with Gasteiger partial charge in [-0.05, 0) is 37.7 Å². The predicted molar refractivity (Wildman–Crippen MR) is 92.7 cm³/mol. The van der Waals surface area contributed by atoms with Crippen LogP contribution in [-0.2, 0) is 28.1 Å². The monoisotopic (exact) mass is 343 g/mol. The first-order valence-electron chi connectivity index (χ1n) is 8.91. The van der Waals surface area contributed by atoms with Gasteiger partial charge in [-0.3, -0.25) is 4.79 Å². The Labute approximate surface area is 148 Å². The van der Waals surface area contributed by atoms with Gasteiger partial charge in [-0.15, -0.1) is 0 Å². The predicted octanol–water partition coefficient (Wildman–Crippen LogP) is 3.12. The average Bonchev–Trinajstić information content (AvgIpc) is 3.31. The Bertz CT molecular complexity index is 678. The molecule has 1 aliphatic rings. The number of benzene rings is 1. The molecule has 0 spiro atoms. The Morgan fingerprint density at radius 1 is 1.28 bits per heavy atom. The molecule has 1 aromatic heterocycles. The second-order valence-electron chi connectivity index (χ2n) is 6.53. The molecule has 0 aliphatic heterocycles. The summed E-state index contributed by atoms with van der Waals surface area (Å²) in [4.78, 5) is 16.4. The van der Waals surface area contributed by atoms with Crippen molar-refractivity contribution in [2.24, 2.45) is 0 Å². The summed E-state index contributed by atoms with van der Waals surface area (Å²) in [5, 5.41) is 7.03. The number of ether oxygens (including phenoxy) is 1. The summed E-state index contributed by atoms with van der Waals surface area (Å²) in [5.41, 5.74) is 0.716. The molecular formula is C19H25N3O3. The number of nitrogens with one attached hydrogen (secondary N) is 1. The third-order valence-electron chi connectivity index (χ3n) is 4.80. The number of hydrogen-bond acceptors (Lipinski definition) is 5. The van der Waals surface area contributed by atoms with Gasteiger partial charge >= 0.3 is 0 Å². The van der Waals surface area contributed by atoms with Crippen LogP contribution in [0, 0.1) is 0 Å². The molecule has 0 saturated heterocycles. The Morgan fingerprint density at radius 2 is 2.04 bits per heavy atom. The molecule has 0 bridgehead atoms. The highest BCUT2D eigenvalue weighted by molar-refractivity contribution is 5.75. The SMILES string of the molecule is COC1(c2noc(CCCC(=O)NCc3ccccc3)n2)CCCC1. The van der Waals surface area contributed by atoms with Crippen molar-refractivity contribution < 1.29 is 14.1 Å². The largest absolute Gasteiger partial charge is 0.370 e. The molecule has 2 aromatic rings. The number of methoxy groups -OCH3 is 1. The minimum Gasteiger partial charge on any atom is -0.370 e. The average molecular weight is 343 g/mol. The van der Waals surface area contributed by atoms with Crippen LogP contribution in [0.15, 0.2) is 34.9 Å². The molecule has 1 fully saturated rings. The zero-order valence-electron chi connectivity index (χ0n) is 14.7. The van der Waals surface area contributed by atoms with Gasteiger partial charge < -0.3 is 14.6 Å². The van der Waals surface area contributed by atoms with Crippen molar-refractivity contribution in [3.63, 3.8) is 0 Å². The topological polar surface area (TPSA) is 77.2 Å². The fraction of sp³-hybridized carbons (Fsp3) is 0.526. The second kappa shape index (κ2) is 8.25. The van der Waals surface area contributed by atoms with Crippen LogP contribution >= 0.6 is 0 Å². The Kier molecular flexibility index (Phi) is 5.81. The lowest BCUT2D eigenvalue weighted by atomic mass is 10.0. The summed E-state index contributed by atoms with van der Waals surface area (Å²) in [5.74, 6) is 1.26. The lowest BCUT2D eigenvalue weighted by Gasteiger charge is -2.22. The van der Waals surface area contributed by atoms with Crippen molar-refractivity contribution in [1.82, 2.24) is 15.5 Å². The van der Waals surface area contributed by atoms with Crippen LogP contribution in [0.5, 0.6) is 0 Å². The first kappa shape index (κ1) is 17.6. The molecule has 1 amide bonds. The molecule has 134 valence electrons. The minimum absolute atomic E-state index is 0.0350. The van der Waals surface area contributed by atoms with Crippen LogP contribution in [-0.4, -0.2) is 23.2 Å². The van der Waals surface area contributed by atoms with Crippen LogP contribution < -0.4 is 5.32 Å². The van der Waals surface area contributed by atoms with Crippen molar-refractivity contribution in [3.8, 4) is 0 Å². The molecule has 1 heterocycles. The van der Waals surface area contributed by atoms with E-state index in [1.54, 1.807) is 7.11 Å². The molecule has 1 aliphatic carbocycles. The normalized spacial score (nSPS) is 16.0. The minimum atomic E-state index is -0.380. The molecule has 6 nitrogen and oxygen atoms in total. The lowest BCUT2D eigenvalue weighted by molar-refractivity contribution is -0.121. The van der Waals surface area contributed by atoms with Crippen molar-refractivity contribution >= 4 is 5.91 Å². The highest BCUT2D eigenvalue weighted by Gasteiger charge is 2.40.